The van der Waals surface area contributed by atoms with E-state index in [1.54, 1.807) is 25.1 Å². The number of primary amides is 1. The van der Waals surface area contributed by atoms with Crippen molar-refractivity contribution in [1.82, 2.24) is 0 Å². The van der Waals surface area contributed by atoms with E-state index in [1.807, 2.05) is 13.8 Å². The lowest BCUT2D eigenvalue weighted by atomic mass is 9.91. The standard InChI is InChI=1S/C13H17NO3/c1-4-17-13(16)10-7-5-6-9(12(14)15)11(10)8(2)3/h5-8H,4H2,1-3H3,(H2,14,15). The van der Waals surface area contributed by atoms with Crippen LogP contribution in [0.2, 0.25) is 0 Å². The van der Waals surface area contributed by atoms with E-state index in [-0.39, 0.29) is 5.92 Å². The number of nitrogens with two attached hydrogens (primary N) is 1. The number of hydrogen-bond acceptors (Lipinski definition) is 3. The molecule has 1 amide bonds. The lowest BCUT2D eigenvalue weighted by Crippen LogP contribution is -2.18. The van der Waals surface area contributed by atoms with E-state index in [9.17, 15) is 9.59 Å². The van der Waals surface area contributed by atoms with Crippen LogP contribution in [-0.4, -0.2) is 18.5 Å². The summed E-state index contributed by atoms with van der Waals surface area (Å²) < 4.78 is 4.96. The molecule has 0 aromatic heterocycles. The first-order valence-electron chi connectivity index (χ1n) is 5.58. The van der Waals surface area contributed by atoms with Gasteiger partial charge in [-0.1, -0.05) is 19.9 Å². The van der Waals surface area contributed by atoms with E-state index in [4.69, 9.17) is 10.5 Å². The Morgan fingerprint density at radius 1 is 1.29 bits per heavy atom. The van der Waals surface area contributed by atoms with Crippen LogP contribution in [-0.2, 0) is 4.74 Å². The maximum Gasteiger partial charge on any atom is 0.338 e. The van der Waals surface area contributed by atoms with Gasteiger partial charge in [-0.3, -0.25) is 4.79 Å². The minimum atomic E-state index is -0.528. The molecule has 1 aromatic carbocycles. The van der Waals surface area contributed by atoms with Crippen LogP contribution in [0.4, 0.5) is 0 Å². The highest BCUT2D eigenvalue weighted by atomic mass is 16.5. The highest BCUT2D eigenvalue weighted by Gasteiger charge is 2.20. The summed E-state index contributed by atoms with van der Waals surface area (Å²) in [6.45, 7) is 5.86. The molecule has 0 aliphatic carbocycles. The lowest BCUT2D eigenvalue weighted by molar-refractivity contribution is 0.0524. The molecular formula is C13H17NO3. The third kappa shape index (κ3) is 2.84. The zero-order valence-electron chi connectivity index (χ0n) is 10.3. The molecule has 0 aliphatic rings. The minimum absolute atomic E-state index is 0.0260. The Morgan fingerprint density at radius 3 is 2.35 bits per heavy atom. The molecule has 0 heterocycles. The summed E-state index contributed by atoms with van der Waals surface area (Å²) in [7, 11) is 0. The first kappa shape index (κ1) is 13.2. The van der Waals surface area contributed by atoms with Gasteiger partial charge in [-0.2, -0.15) is 0 Å². The van der Waals surface area contributed by atoms with Gasteiger partial charge in [0.1, 0.15) is 0 Å². The predicted octanol–water partition coefficient (Wildman–Crippen LogP) is 2.09. The van der Waals surface area contributed by atoms with Gasteiger partial charge in [0.05, 0.1) is 12.2 Å². The lowest BCUT2D eigenvalue weighted by Gasteiger charge is -2.15. The van der Waals surface area contributed by atoms with Crippen molar-refractivity contribution < 1.29 is 14.3 Å². The van der Waals surface area contributed by atoms with E-state index in [1.165, 1.54) is 0 Å². The van der Waals surface area contributed by atoms with Gasteiger partial charge in [-0.15, -0.1) is 0 Å². The largest absolute Gasteiger partial charge is 0.462 e. The Bertz CT molecular complexity index is 438. The third-order valence-corrected chi connectivity index (χ3v) is 2.44. The van der Waals surface area contributed by atoms with Crippen molar-refractivity contribution in [2.24, 2.45) is 5.73 Å². The Labute approximate surface area is 101 Å². The second-order valence-electron chi connectivity index (χ2n) is 4.01. The van der Waals surface area contributed by atoms with Crippen molar-refractivity contribution in [3.8, 4) is 0 Å². The molecule has 0 aliphatic heterocycles. The number of carbonyl (C=O) groups is 2. The van der Waals surface area contributed by atoms with Crippen molar-refractivity contribution in [2.45, 2.75) is 26.7 Å². The second kappa shape index (κ2) is 5.48. The van der Waals surface area contributed by atoms with Gasteiger partial charge >= 0.3 is 5.97 Å². The first-order valence-corrected chi connectivity index (χ1v) is 5.58. The van der Waals surface area contributed by atoms with Gasteiger partial charge in [0.2, 0.25) is 5.91 Å². The summed E-state index contributed by atoms with van der Waals surface area (Å²) in [5.74, 6) is -0.919. The summed E-state index contributed by atoms with van der Waals surface area (Å²) in [6, 6.07) is 4.92. The molecule has 92 valence electrons. The zero-order chi connectivity index (χ0) is 13.0. The van der Waals surface area contributed by atoms with Crippen LogP contribution < -0.4 is 5.73 Å². The van der Waals surface area contributed by atoms with Crippen molar-refractivity contribution >= 4 is 11.9 Å². The molecule has 0 saturated heterocycles. The van der Waals surface area contributed by atoms with Crippen LogP contribution >= 0.6 is 0 Å². The number of rotatable bonds is 4. The quantitative estimate of drug-likeness (QED) is 0.812. The maximum absolute atomic E-state index is 11.8. The SMILES string of the molecule is CCOC(=O)c1cccc(C(N)=O)c1C(C)C. The molecule has 1 rings (SSSR count). The van der Waals surface area contributed by atoms with E-state index >= 15 is 0 Å². The third-order valence-electron chi connectivity index (χ3n) is 2.44. The van der Waals surface area contributed by atoms with Gasteiger partial charge in [-0.25, -0.2) is 4.79 Å². The Morgan fingerprint density at radius 2 is 1.88 bits per heavy atom. The molecular weight excluding hydrogens is 218 g/mol. The fourth-order valence-electron chi connectivity index (χ4n) is 1.79. The Kier molecular flexibility index (Phi) is 4.26. The topological polar surface area (TPSA) is 69.4 Å². The normalized spacial score (nSPS) is 10.4. The number of hydrogen-bond donors (Lipinski definition) is 1. The fourth-order valence-corrected chi connectivity index (χ4v) is 1.79. The minimum Gasteiger partial charge on any atom is -0.462 e. The van der Waals surface area contributed by atoms with Crippen molar-refractivity contribution in [3.63, 3.8) is 0 Å². The maximum atomic E-state index is 11.8. The molecule has 0 saturated carbocycles. The summed E-state index contributed by atoms with van der Waals surface area (Å²) in [4.78, 5) is 23.1. The number of esters is 1. The smallest absolute Gasteiger partial charge is 0.338 e. The Hall–Kier alpha value is -1.84. The average molecular weight is 235 g/mol. The predicted molar refractivity (Wildman–Crippen MR) is 65.0 cm³/mol. The van der Waals surface area contributed by atoms with Crippen molar-refractivity contribution in [2.75, 3.05) is 6.61 Å². The fraction of sp³-hybridized carbons (Fsp3) is 0.385. The van der Waals surface area contributed by atoms with Gasteiger partial charge < -0.3 is 10.5 Å². The monoisotopic (exact) mass is 235 g/mol. The molecule has 1 aromatic rings. The van der Waals surface area contributed by atoms with Crippen LogP contribution in [0.5, 0.6) is 0 Å². The molecule has 2 N–H and O–H groups in total. The number of carbonyl (C=O) groups excluding carboxylic acids is 2. The summed E-state index contributed by atoms with van der Waals surface area (Å²) in [5.41, 5.74) is 6.75. The molecule has 0 bridgehead atoms. The summed E-state index contributed by atoms with van der Waals surface area (Å²) in [6.07, 6.45) is 0. The van der Waals surface area contributed by atoms with Crippen molar-refractivity contribution in [1.29, 1.82) is 0 Å². The van der Waals surface area contributed by atoms with Crippen LogP contribution in [0.3, 0.4) is 0 Å². The van der Waals surface area contributed by atoms with Crippen LogP contribution in [0.1, 0.15) is 53.0 Å². The zero-order valence-corrected chi connectivity index (χ0v) is 10.3. The molecule has 4 heteroatoms. The molecule has 17 heavy (non-hydrogen) atoms. The van der Waals surface area contributed by atoms with Gasteiger partial charge in [0.15, 0.2) is 0 Å². The van der Waals surface area contributed by atoms with Crippen LogP contribution in [0.15, 0.2) is 18.2 Å². The van der Waals surface area contributed by atoms with E-state index in [0.717, 1.165) is 0 Å². The number of amides is 1. The highest BCUT2D eigenvalue weighted by Crippen LogP contribution is 2.24. The number of benzene rings is 1. The molecule has 0 radical (unpaired) electrons. The van der Waals surface area contributed by atoms with Crippen LogP contribution in [0.25, 0.3) is 0 Å². The highest BCUT2D eigenvalue weighted by molar-refractivity contribution is 6.00. The van der Waals surface area contributed by atoms with Gasteiger partial charge in [0.25, 0.3) is 0 Å². The van der Waals surface area contributed by atoms with Gasteiger partial charge in [-0.05, 0) is 30.5 Å². The summed E-state index contributed by atoms with van der Waals surface area (Å²) in [5, 5.41) is 0. The number of ether oxygens (including phenoxy) is 1. The van der Waals surface area contributed by atoms with E-state index in [2.05, 4.69) is 0 Å². The molecule has 4 nitrogen and oxygen atoms in total. The molecule has 0 fully saturated rings. The Balaban J connectivity index is 3.35. The summed E-state index contributed by atoms with van der Waals surface area (Å²) >= 11 is 0. The van der Waals surface area contributed by atoms with Crippen LogP contribution in [0, 0.1) is 0 Å². The molecule has 0 unspecified atom stereocenters. The second-order valence-corrected chi connectivity index (χ2v) is 4.01. The molecule has 0 atom stereocenters. The first-order chi connectivity index (χ1) is 7.99. The molecule has 0 spiro atoms. The van der Waals surface area contributed by atoms with E-state index in [0.29, 0.717) is 23.3 Å². The average Bonchev–Trinajstić information content (AvgIpc) is 2.28. The van der Waals surface area contributed by atoms with E-state index < -0.39 is 11.9 Å². The van der Waals surface area contributed by atoms with Crippen molar-refractivity contribution in [3.05, 3.63) is 34.9 Å². The van der Waals surface area contributed by atoms with Gasteiger partial charge in [0, 0.05) is 5.56 Å².